The highest BCUT2D eigenvalue weighted by Gasteiger charge is 2.15. The second kappa shape index (κ2) is 7.48. The molecule has 5 nitrogen and oxygen atoms in total. The lowest BCUT2D eigenvalue weighted by Gasteiger charge is -2.09. The van der Waals surface area contributed by atoms with E-state index >= 15 is 0 Å². The summed E-state index contributed by atoms with van der Waals surface area (Å²) in [5.41, 5.74) is 8.88. The summed E-state index contributed by atoms with van der Waals surface area (Å²) in [6.07, 6.45) is 0. The Balaban J connectivity index is 1.88. The van der Waals surface area contributed by atoms with E-state index in [4.69, 9.17) is 0 Å². The minimum absolute atomic E-state index is 0.270. The van der Waals surface area contributed by atoms with Gasteiger partial charge in [0.25, 0.3) is 5.56 Å². The van der Waals surface area contributed by atoms with Crippen LogP contribution in [0.15, 0.2) is 82.7 Å². The summed E-state index contributed by atoms with van der Waals surface area (Å²) in [6, 6.07) is 23.1. The second-order valence-corrected chi connectivity index (χ2v) is 6.67. The number of aromatic amines is 1. The van der Waals surface area contributed by atoms with Crippen LogP contribution in [0.5, 0.6) is 0 Å². The van der Waals surface area contributed by atoms with Crippen molar-refractivity contribution < 1.29 is 0 Å². The summed E-state index contributed by atoms with van der Waals surface area (Å²) in [5, 5.41) is 4.53. The van der Waals surface area contributed by atoms with Crippen molar-refractivity contribution in [3.8, 4) is 0 Å². The summed E-state index contributed by atoms with van der Waals surface area (Å²) >= 11 is 0. The van der Waals surface area contributed by atoms with Gasteiger partial charge in [-0.1, -0.05) is 48.5 Å². The number of benzene rings is 3. The van der Waals surface area contributed by atoms with Crippen LogP contribution >= 0.6 is 0 Å². The van der Waals surface area contributed by atoms with E-state index in [1.54, 1.807) is 0 Å². The van der Waals surface area contributed by atoms with Gasteiger partial charge in [0, 0.05) is 5.56 Å². The van der Waals surface area contributed by atoms with E-state index in [9.17, 15) is 4.79 Å². The van der Waals surface area contributed by atoms with Crippen molar-refractivity contribution in [2.45, 2.75) is 13.8 Å². The molecule has 0 radical (unpaired) electrons. The normalized spacial score (nSPS) is 11.6. The average Bonchev–Trinajstić information content (AvgIpc) is 2.71. The Morgan fingerprint density at radius 1 is 0.929 bits per heavy atom. The van der Waals surface area contributed by atoms with Crippen molar-refractivity contribution in [1.29, 1.82) is 0 Å². The van der Waals surface area contributed by atoms with Gasteiger partial charge < -0.3 is 4.98 Å². The first-order chi connectivity index (χ1) is 13.6. The first-order valence-corrected chi connectivity index (χ1v) is 9.07. The number of para-hydroxylation sites is 1. The van der Waals surface area contributed by atoms with Gasteiger partial charge in [-0.3, -0.25) is 10.2 Å². The number of nitrogens with zero attached hydrogens (tertiary/aromatic N) is 2. The Morgan fingerprint density at radius 3 is 2.29 bits per heavy atom. The molecule has 1 heterocycles. The maximum absolute atomic E-state index is 12.8. The van der Waals surface area contributed by atoms with E-state index in [1.807, 2.05) is 86.6 Å². The molecule has 0 saturated carbocycles. The van der Waals surface area contributed by atoms with Crippen LogP contribution in [0.1, 0.15) is 22.4 Å². The van der Waals surface area contributed by atoms with Crippen LogP contribution in [-0.2, 0) is 0 Å². The van der Waals surface area contributed by atoms with Gasteiger partial charge in [0.05, 0.1) is 16.7 Å². The molecule has 0 atom stereocenters. The molecule has 4 aromatic rings. The molecule has 0 spiro atoms. The Hall–Kier alpha value is -3.73. The summed E-state index contributed by atoms with van der Waals surface area (Å²) < 4.78 is 0. The predicted molar refractivity (Wildman–Crippen MR) is 114 cm³/mol. The highest BCUT2D eigenvalue weighted by atomic mass is 16.1. The number of H-pyrrole nitrogens is 1. The van der Waals surface area contributed by atoms with Crippen molar-refractivity contribution in [1.82, 2.24) is 9.97 Å². The number of anilines is 1. The molecule has 1 aromatic heterocycles. The van der Waals surface area contributed by atoms with Crippen LogP contribution in [0.3, 0.4) is 0 Å². The summed E-state index contributed by atoms with van der Waals surface area (Å²) in [4.78, 5) is 20.4. The maximum atomic E-state index is 12.8. The Labute approximate surface area is 162 Å². The van der Waals surface area contributed by atoms with E-state index in [1.165, 1.54) is 0 Å². The van der Waals surface area contributed by atoms with Crippen LogP contribution in [0.4, 0.5) is 5.69 Å². The third-order valence-corrected chi connectivity index (χ3v) is 4.65. The summed E-state index contributed by atoms with van der Waals surface area (Å²) in [6.45, 7) is 4.05. The van der Waals surface area contributed by atoms with Crippen molar-refractivity contribution in [3.63, 3.8) is 0 Å². The number of aromatic nitrogens is 2. The van der Waals surface area contributed by atoms with Crippen molar-refractivity contribution >= 4 is 22.4 Å². The number of rotatable bonds is 4. The van der Waals surface area contributed by atoms with E-state index in [0.717, 1.165) is 33.4 Å². The van der Waals surface area contributed by atoms with Crippen molar-refractivity contribution in [2.24, 2.45) is 5.10 Å². The quantitative estimate of drug-likeness (QED) is 0.414. The Kier molecular flexibility index (Phi) is 4.72. The number of fused-ring (bicyclic) bond motifs is 1. The van der Waals surface area contributed by atoms with Crippen LogP contribution in [0.2, 0.25) is 0 Å². The van der Waals surface area contributed by atoms with Gasteiger partial charge in [0.2, 0.25) is 0 Å². The lowest BCUT2D eigenvalue weighted by atomic mass is 10.1. The van der Waals surface area contributed by atoms with Gasteiger partial charge >= 0.3 is 0 Å². The first-order valence-electron chi connectivity index (χ1n) is 9.07. The topological polar surface area (TPSA) is 70.1 Å². The monoisotopic (exact) mass is 368 g/mol. The third-order valence-electron chi connectivity index (χ3n) is 4.65. The average molecular weight is 368 g/mol. The second-order valence-electron chi connectivity index (χ2n) is 6.67. The molecule has 0 saturated heterocycles. The molecule has 0 aliphatic rings. The molecule has 0 fully saturated rings. The molecular weight excluding hydrogens is 348 g/mol. The van der Waals surface area contributed by atoms with Gasteiger partial charge in [-0.2, -0.15) is 5.10 Å². The molecule has 5 heteroatoms. The van der Waals surface area contributed by atoms with Crippen LogP contribution in [0.25, 0.3) is 11.0 Å². The fourth-order valence-electron chi connectivity index (χ4n) is 2.99. The fourth-order valence-corrected chi connectivity index (χ4v) is 2.99. The van der Waals surface area contributed by atoms with Gasteiger partial charge in [-0.05, 0) is 49.2 Å². The standard InChI is InChI=1S/C23H20N4O/c1-15-13-19-20(14-16(15)2)25-23(28)22(24-19)21(17-9-5-3-6-10-17)27-26-18-11-7-4-8-12-18/h3-14,26H,1-2H3,(H,25,28)/b27-21+. The predicted octanol–water partition coefficient (Wildman–Crippen LogP) is 4.40. The zero-order valence-electron chi connectivity index (χ0n) is 15.7. The van der Waals surface area contributed by atoms with E-state index in [2.05, 4.69) is 20.5 Å². The molecule has 3 aromatic carbocycles. The molecule has 4 rings (SSSR count). The Morgan fingerprint density at radius 2 is 1.57 bits per heavy atom. The molecule has 0 bridgehead atoms. The summed E-state index contributed by atoms with van der Waals surface area (Å²) in [7, 11) is 0. The molecule has 0 amide bonds. The van der Waals surface area contributed by atoms with Crippen molar-refractivity contribution in [2.75, 3.05) is 5.43 Å². The number of aryl methyl sites for hydroxylation is 2. The zero-order chi connectivity index (χ0) is 19.5. The highest BCUT2D eigenvalue weighted by molar-refractivity contribution is 6.12. The maximum Gasteiger partial charge on any atom is 0.276 e. The van der Waals surface area contributed by atoms with Gasteiger partial charge in [0.1, 0.15) is 5.71 Å². The molecule has 138 valence electrons. The summed E-state index contributed by atoms with van der Waals surface area (Å²) in [5.74, 6) is 0. The number of hydrazone groups is 1. The van der Waals surface area contributed by atoms with Gasteiger partial charge in [-0.15, -0.1) is 0 Å². The van der Waals surface area contributed by atoms with Crippen molar-refractivity contribution in [3.05, 3.63) is 106 Å². The number of nitrogens with one attached hydrogen (secondary N) is 2. The minimum Gasteiger partial charge on any atom is -0.319 e. The fraction of sp³-hybridized carbons (Fsp3) is 0.0870. The zero-order valence-corrected chi connectivity index (χ0v) is 15.7. The minimum atomic E-state index is -0.270. The van der Waals surface area contributed by atoms with Gasteiger partial charge in [-0.25, -0.2) is 4.98 Å². The molecule has 0 unspecified atom stereocenters. The van der Waals surface area contributed by atoms with E-state index in [0.29, 0.717) is 5.71 Å². The number of hydrogen-bond donors (Lipinski definition) is 2. The highest BCUT2D eigenvalue weighted by Crippen LogP contribution is 2.16. The largest absolute Gasteiger partial charge is 0.319 e. The SMILES string of the molecule is Cc1cc2nc(/C(=N/Nc3ccccc3)c3ccccc3)c(=O)[nH]c2cc1C. The van der Waals surface area contributed by atoms with Crippen LogP contribution < -0.4 is 11.0 Å². The Bertz CT molecular complexity index is 1210. The van der Waals surface area contributed by atoms with Crippen LogP contribution in [-0.4, -0.2) is 15.7 Å². The smallest absolute Gasteiger partial charge is 0.276 e. The lowest BCUT2D eigenvalue weighted by Crippen LogP contribution is -2.22. The van der Waals surface area contributed by atoms with Crippen LogP contribution in [0, 0.1) is 13.8 Å². The molecular formula is C23H20N4O. The number of hydrogen-bond acceptors (Lipinski definition) is 4. The van der Waals surface area contributed by atoms with E-state index < -0.39 is 0 Å². The molecule has 2 N–H and O–H groups in total. The first kappa shape index (κ1) is 17.7. The molecule has 0 aliphatic heterocycles. The molecule has 0 aliphatic carbocycles. The molecule has 28 heavy (non-hydrogen) atoms. The lowest BCUT2D eigenvalue weighted by molar-refractivity contribution is 1.17. The van der Waals surface area contributed by atoms with E-state index in [-0.39, 0.29) is 11.3 Å². The third kappa shape index (κ3) is 3.55. The van der Waals surface area contributed by atoms with Gasteiger partial charge in [0.15, 0.2) is 5.69 Å².